The van der Waals surface area contributed by atoms with Crippen LogP contribution in [-0.4, -0.2) is 55.5 Å². The van der Waals surface area contributed by atoms with Crippen LogP contribution in [0.4, 0.5) is 4.79 Å². The Morgan fingerprint density at radius 2 is 1.72 bits per heavy atom. The van der Waals surface area contributed by atoms with Gasteiger partial charge in [0.2, 0.25) is 10.0 Å². The van der Waals surface area contributed by atoms with Gasteiger partial charge in [0.05, 0.1) is 11.6 Å². The van der Waals surface area contributed by atoms with Gasteiger partial charge in [-0.3, -0.25) is 0 Å². The van der Waals surface area contributed by atoms with Crippen LogP contribution >= 0.6 is 0 Å². The minimum atomic E-state index is -4.00. The van der Waals surface area contributed by atoms with Crippen molar-refractivity contribution in [2.45, 2.75) is 37.7 Å². The number of nitrogens with zero attached hydrogens (tertiary/aromatic N) is 3. The van der Waals surface area contributed by atoms with Crippen LogP contribution in [0.3, 0.4) is 0 Å². The van der Waals surface area contributed by atoms with Crippen molar-refractivity contribution in [1.29, 1.82) is 5.26 Å². The van der Waals surface area contributed by atoms with Gasteiger partial charge in [-0.1, -0.05) is 24.3 Å². The van der Waals surface area contributed by atoms with E-state index >= 15 is 0 Å². The third-order valence-corrected chi connectivity index (χ3v) is 8.07. The summed E-state index contributed by atoms with van der Waals surface area (Å²) in [5, 5.41) is 9.38. The lowest BCUT2D eigenvalue weighted by Gasteiger charge is -2.36. The maximum absolute atomic E-state index is 13.6. The molecule has 188 valence electrons. The summed E-state index contributed by atoms with van der Waals surface area (Å²) in [6.07, 6.45) is 7.63. The number of carbonyl (C=O) groups is 1. The average molecular weight is 508 g/mol. The molecular weight excluding hydrogens is 478 g/mol. The lowest BCUT2D eigenvalue weighted by atomic mass is 9.98. The smallest absolute Gasteiger partial charge is 0.410 e. The van der Waals surface area contributed by atoms with E-state index in [2.05, 4.69) is 0 Å². The normalized spacial score (nSPS) is 20.1. The van der Waals surface area contributed by atoms with E-state index in [1.165, 1.54) is 27.4 Å². The van der Waals surface area contributed by atoms with Crippen molar-refractivity contribution < 1.29 is 22.7 Å². The van der Waals surface area contributed by atoms with E-state index < -0.39 is 21.7 Å². The molecule has 8 nitrogen and oxygen atoms in total. The molecule has 0 N–H and O–H groups in total. The van der Waals surface area contributed by atoms with E-state index in [-0.39, 0.29) is 42.4 Å². The largest absolute Gasteiger partial charge is 0.456 e. The second kappa shape index (κ2) is 10.2. The first kappa shape index (κ1) is 25.5. The molecule has 1 heterocycles. The van der Waals surface area contributed by atoms with Crippen molar-refractivity contribution in [2.75, 3.05) is 26.2 Å². The number of sulfonamides is 1. The van der Waals surface area contributed by atoms with Crippen LogP contribution in [-0.2, 0) is 14.8 Å². The zero-order valence-electron chi connectivity index (χ0n) is 20.6. The van der Waals surface area contributed by atoms with Gasteiger partial charge in [-0.05, 0) is 68.3 Å². The number of benzene rings is 2. The van der Waals surface area contributed by atoms with Crippen LogP contribution in [0.25, 0.3) is 0 Å². The molecule has 2 aromatic carbocycles. The molecule has 36 heavy (non-hydrogen) atoms. The highest BCUT2D eigenvalue weighted by Gasteiger charge is 2.35. The van der Waals surface area contributed by atoms with Crippen molar-refractivity contribution in [3.63, 3.8) is 0 Å². The Balaban J connectivity index is 1.51. The quantitative estimate of drug-likeness (QED) is 0.582. The minimum absolute atomic E-state index is 0.0802. The van der Waals surface area contributed by atoms with Crippen molar-refractivity contribution >= 4 is 16.1 Å². The van der Waals surface area contributed by atoms with Crippen LogP contribution in [0.1, 0.15) is 30.0 Å². The third kappa shape index (κ3) is 5.61. The number of nitriles is 1. The molecule has 1 atom stereocenters. The Kier molecular flexibility index (Phi) is 7.20. The molecule has 1 amide bonds. The zero-order valence-corrected chi connectivity index (χ0v) is 21.4. The van der Waals surface area contributed by atoms with Crippen molar-refractivity contribution in [2.24, 2.45) is 0 Å². The number of hydrogen-bond acceptors (Lipinski definition) is 6. The fourth-order valence-electron chi connectivity index (χ4n) is 4.28. The summed E-state index contributed by atoms with van der Waals surface area (Å²) in [4.78, 5) is 14.2. The maximum atomic E-state index is 13.6. The molecule has 1 unspecified atom stereocenters. The Morgan fingerprint density at radius 1 is 1.03 bits per heavy atom. The Bertz CT molecular complexity index is 1350. The Labute approximate surface area is 212 Å². The van der Waals surface area contributed by atoms with Crippen LogP contribution in [0, 0.1) is 25.2 Å². The highest BCUT2D eigenvalue weighted by Crippen LogP contribution is 2.33. The van der Waals surface area contributed by atoms with Crippen molar-refractivity contribution in [1.82, 2.24) is 9.21 Å². The minimum Gasteiger partial charge on any atom is -0.456 e. The number of carbonyl (C=O) groups excluding carboxylic acids is 1. The van der Waals surface area contributed by atoms with Gasteiger partial charge in [0, 0.05) is 32.6 Å². The Hall–Kier alpha value is -3.61. The molecule has 0 saturated carbocycles. The second-order valence-electron chi connectivity index (χ2n) is 9.26. The highest BCUT2D eigenvalue weighted by atomic mass is 32.2. The molecule has 0 radical (unpaired) electrons. The van der Waals surface area contributed by atoms with Crippen LogP contribution in [0.15, 0.2) is 65.6 Å². The van der Waals surface area contributed by atoms with Gasteiger partial charge < -0.3 is 14.4 Å². The van der Waals surface area contributed by atoms with E-state index in [1.54, 1.807) is 0 Å². The fourth-order valence-corrected chi connectivity index (χ4v) is 5.84. The monoisotopic (exact) mass is 507 g/mol. The molecular formula is C27H29N3O5S. The molecule has 1 aliphatic carbocycles. The number of amides is 1. The molecule has 1 saturated heterocycles. The molecule has 4 rings (SSSR count). The van der Waals surface area contributed by atoms with Crippen molar-refractivity contribution in [3.05, 3.63) is 77.4 Å². The molecule has 2 aliphatic rings. The zero-order chi connectivity index (χ0) is 25.9. The number of hydrogen-bond donors (Lipinski definition) is 0. The van der Waals surface area contributed by atoms with Gasteiger partial charge >= 0.3 is 6.09 Å². The van der Waals surface area contributed by atoms with E-state index in [0.29, 0.717) is 12.2 Å². The van der Waals surface area contributed by atoms with Gasteiger partial charge in [-0.2, -0.15) is 9.57 Å². The summed E-state index contributed by atoms with van der Waals surface area (Å²) in [5.74, 6) is 0.659. The SMILES string of the molecule is Cc1cc(C)cc(Oc2ccc(C#N)cc2S(=O)(=O)N2CCN(C(=O)OC3(C)C=CC=CC3)CC2)c1. The first-order chi connectivity index (χ1) is 17.1. The van der Waals surface area contributed by atoms with Gasteiger partial charge in [0.25, 0.3) is 0 Å². The molecule has 0 aromatic heterocycles. The van der Waals surface area contributed by atoms with E-state index in [1.807, 2.05) is 69.3 Å². The second-order valence-corrected chi connectivity index (χ2v) is 11.2. The maximum Gasteiger partial charge on any atom is 0.410 e. The number of piperazine rings is 1. The third-order valence-electron chi connectivity index (χ3n) is 6.15. The first-order valence-electron chi connectivity index (χ1n) is 11.7. The summed E-state index contributed by atoms with van der Waals surface area (Å²) >= 11 is 0. The van der Waals surface area contributed by atoms with Gasteiger partial charge in [-0.25, -0.2) is 13.2 Å². The summed E-state index contributed by atoms with van der Waals surface area (Å²) in [6, 6.07) is 12.0. The summed E-state index contributed by atoms with van der Waals surface area (Å²) in [7, 11) is -4.00. The van der Waals surface area contributed by atoms with Gasteiger partial charge in [0.1, 0.15) is 22.0 Å². The molecule has 0 spiro atoms. The highest BCUT2D eigenvalue weighted by molar-refractivity contribution is 7.89. The van der Waals surface area contributed by atoms with E-state index in [4.69, 9.17) is 9.47 Å². The fraction of sp³-hybridized carbons (Fsp3) is 0.333. The summed E-state index contributed by atoms with van der Waals surface area (Å²) in [6.45, 7) is 6.29. The number of allylic oxidation sites excluding steroid dienone is 2. The molecule has 1 fully saturated rings. The lowest BCUT2D eigenvalue weighted by molar-refractivity contribution is 0.0258. The molecule has 9 heteroatoms. The predicted octanol–water partition coefficient (Wildman–Crippen LogP) is 4.69. The summed E-state index contributed by atoms with van der Waals surface area (Å²) < 4.78 is 40.2. The molecule has 0 bridgehead atoms. The van der Waals surface area contributed by atoms with Crippen molar-refractivity contribution in [3.8, 4) is 17.6 Å². The van der Waals surface area contributed by atoms with Crippen LogP contribution in [0.5, 0.6) is 11.5 Å². The summed E-state index contributed by atoms with van der Waals surface area (Å²) in [5.41, 5.74) is 1.47. The molecule has 1 aliphatic heterocycles. The van der Waals surface area contributed by atoms with Gasteiger partial charge in [-0.15, -0.1) is 0 Å². The van der Waals surface area contributed by atoms with E-state index in [9.17, 15) is 18.5 Å². The molecule has 2 aromatic rings. The lowest BCUT2D eigenvalue weighted by Crippen LogP contribution is -2.51. The average Bonchev–Trinajstić information content (AvgIpc) is 2.84. The Morgan fingerprint density at radius 3 is 2.33 bits per heavy atom. The van der Waals surface area contributed by atoms with Crippen LogP contribution < -0.4 is 4.74 Å². The standard InChI is InChI=1S/C27H29N3O5S/c1-20-15-21(2)17-23(16-20)34-24-8-7-22(19-28)18-25(24)36(32,33)30-13-11-29(12-14-30)26(31)35-27(3)9-5-4-6-10-27/h4-9,15-18H,10-14H2,1-3H3. The topological polar surface area (TPSA) is 99.9 Å². The number of ether oxygens (including phenoxy) is 2. The van der Waals surface area contributed by atoms with Gasteiger partial charge in [0.15, 0.2) is 0 Å². The van der Waals surface area contributed by atoms with Crippen LogP contribution in [0.2, 0.25) is 0 Å². The number of aryl methyl sites for hydroxylation is 2. The van der Waals surface area contributed by atoms with E-state index in [0.717, 1.165) is 11.1 Å². The number of rotatable bonds is 5. The predicted molar refractivity (Wildman–Crippen MR) is 135 cm³/mol. The first-order valence-corrected chi connectivity index (χ1v) is 13.2.